The lowest BCUT2D eigenvalue weighted by Crippen LogP contribution is -2.22. The number of hydrogen-bond donors (Lipinski definition) is 2. The molecule has 0 radical (unpaired) electrons. The predicted molar refractivity (Wildman–Crippen MR) is 79.3 cm³/mol. The molecule has 0 bridgehead atoms. The van der Waals surface area contributed by atoms with E-state index in [9.17, 15) is 9.90 Å². The Bertz CT molecular complexity index is 690. The van der Waals surface area contributed by atoms with Gasteiger partial charge in [-0.2, -0.15) is 5.10 Å². The molecule has 0 saturated carbocycles. The van der Waals surface area contributed by atoms with Crippen LogP contribution in [0.25, 0.3) is 0 Å². The summed E-state index contributed by atoms with van der Waals surface area (Å²) in [4.78, 5) is 20.1. The van der Waals surface area contributed by atoms with E-state index in [1.54, 1.807) is 51.1 Å². The standard InChI is InChI=1S/C15H16N4O2/c1-9-8-10(2)17-14(16-9)15(21)19-18-11(3)12-6-4-5-7-13(12)20/h4-8,20H,1-3H3,(H,19,21). The van der Waals surface area contributed by atoms with Gasteiger partial charge < -0.3 is 5.11 Å². The minimum absolute atomic E-state index is 0.0707. The fourth-order valence-corrected chi connectivity index (χ4v) is 1.85. The Balaban J connectivity index is 2.16. The van der Waals surface area contributed by atoms with Crippen molar-refractivity contribution < 1.29 is 9.90 Å². The molecule has 2 aromatic rings. The number of carbonyl (C=O) groups is 1. The van der Waals surface area contributed by atoms with Gasteiger partial charge in [-0.3, -0.25) is 4.79 Å². The molecule has 1 aromatic carbocycles. The number of aryl methyl sites for hydroxylation is 2. The van der Waals surface area contributed by atoms with E-state index in [1.807, 2.05) is 0 Å². The molecular weight excluding hydrogens is 268 g/mol. The van der Waals surface area contributed by atoms with Gasteiger partial charge in [0.2, 0.25) is 5.82 Å². The van der Waals surface area contributed by atoms with Gasteiger partial charge in [0.1, 0.15) is 5.75 Å². The van der Waals surface area contributed by atoms with Crippen LogP contribution < -0.4 is 5.43 Å². The molecule has 108 valence electrons. The Morgan fingerprint density at radius 3 is 2.43 bits per heavy atom. The van der Waals surface area contributed by atoms with Gasteiger partial charge in [-0.1, -0.05) is 12.1 Å². The summed E-state index contributed by atoms with van der Waals surface area (Å²) in [5.41, 5.74) is 4.87. The van der Waals surface area contributed by atoms with Crippen molar-refractivity contribution in [3.8, 4) is 5.75 Å². The molecule has 0 aliphatic heterocycles. The molecule has 0 aliphatic carbocycles. The molecular formula is C15H16N4O2. The minimum atomic E-state index is -0.489. The zero-order chi connectivity index (χ0) is 15.4. The van der Waals surface area contributed by atoms with Crippen LogP contribution in [0.3, 0.4) is 0 Å². The van der Waals surface area contributed by atoms with E-state index in [4.69, 9.17) is 0 Å². The fourth-order valence-electron chi connectivity index (χ4n) is 1.85. The monoisotopic (exact) mass is 284 g/mol. The topological polar surface area (TPSA) is 87.5 Å². The first-order chi connectivity index (χ1) is 9.97. The molecule has 6 nitrogen and oxygen atoms in total. The highest BCUT2D eigenvalue weighted by Crippen LogP contribution is 2.16. The lowest BCUT2D eigenvalue weighted by molar-refractivity contribution is 0.0944. The Kier molecular flexibility index (Phi) is 4.27. The molecule has 0 fully saturated rings. The number of para-hydroxylation sites is 1. The van der Waals surface area contributed by atoms with Crippen LogP contribution in [0.1, 0.15) is 34.5 Å². The van der Waals surface area contributed by atoms with Crippen LogP contribution >= 0.6 is 0 Å². The van der Waals surface area contributed by atoms with Gasteiger partial charge >= 0.3 is 5.91 Å². The van der Waals surface area contributed by atoms with Crippen LogP contribution in [-0.4, -0.2) is 26.7 Å². The van der Waals surface area contributed by atoms with Gasteiger partial charge in [-0.25, -0.2) is 15.4 Å². The van der Waals surface area contributed by atoms with Crippen LogP contribution in [0.2, 0.25) is 0 Å². The third kappa shape index (κ3) is 3.62. The van der Waals surface area contributed by atoms with Crippen molar-refractivity contribution in [1.82, 2.24) is 15.4 Å². The van der Waals surface area contributed by atoms with Gasteiger partial charge in [0.25, 0.3) is 0 Å². The van der Waals surface area contributed by atoms with Gasteiger partial charge in [0.05, 0.1) is 5.71 Å². The third-order valence-electron chi connectivity index (χ3n) is 2.80. The molecule has 6 heteroatoms. The molecule has 0 aliphatic rings. The molecule has 0 spiro atoms. The number of benzene rings is 1. The number of hydrazone groups is 1. The minimum Gasteiger partial charge on any atom is -0.507 e. The molecule has 2 N–H and O–H groups in total. The van der Waals surface area contributed by atoms with E-state index in [-0.39, 0.29) is 11.6 Å². The van der Waals surface area contributed by atoms with E-state index < -0.39 is 5.91 Å². The van der Waals surface area contributed by atoms with Crippen molar-refractivity contribution in [3.63, 3.8) is 0 Å². The van der Waals surface area contributed by atoms with E-state index in [2.05, 4.69) is 20.5 Å². The molecule has 1 aromatic heterocycles. The van der Waals surface area contributed by atoms with Crippen molar-refractivity contribution in [2.75, 3.05) is 0 Å². The number of aromatic nitrogens is 2. The highest BCUT2D eigenvalue weighted by atomic mass is 16.3. The lowest BCUT2D eigenvalue weighted by Gasteiger charge is -2.05. The quantitative estimate of drug-likeness (QED) is 0.666. The van der Waals surface area contributed by atoms with Crippen LogP contribution in [0, 0.1) is 13.8 Å². The van der Waals surface area contributed by atoms with Crippen molar-refractivity contribution >= 4 is 11.6 Å². The molecule has 2 rings (SSSR count). The van der Waals surface area contributed by atoms with E-state index in [1.165, 1.54) is 0 Å². The number of rotatable bonds is 3. The summed E-state index contributed by atoms with van der Waals surface area (Å²) in [5.74, 6) is -0.312. The maximum absolute atomic E-state index is 12.0. The second kappa shape index (κ2) is 6.13. The van der Waals surface area contributed by atoms with Crippen LogP contribution in [0.5, 0.6) is 5.75 Å². The fraction of sp³-hybridized carbons (Fsp3) is 0.200. The number of nitrogens with zero attached hydrogens (tertiary/aromatic N) is 3. The predicted octanol–water partition coefficient (Wildman–Crippen LogP) is 1.95. The summed E-state index contributed by atoms with van der Waals surface area (Å²) in [6.07, 6.45) is 0. The average molecular weight is 284 g/mol. The Hall–Kier alpha value is -2.76. The summed E-state index contributed by atoms with van der Waals surface area (Å²) in [6.45, 7) is 5.28. The zero-order valence-electron chi connectivity index (χ0n) is 12.1. The van der Waals surface area contributed by atoms with Crippen molar-refractivity contribution in [3.05, 3.63) is 53.1 Å². The summed E-state index contributed by atoms with van der Waals surface area (Å²) in [6, 6.07) is 8.56. The number of phenolic OH excluding ortho intramolecular Hbond substituents is 1. The smallest absolute Gasteiger partial charge is 0.309 e. The SMILES string of the molecule is CC(=NNC(=O)c1nc(C)cc(C)n1)c1ccccc1O. The molecule has 1 amide bonds. The van der Waals surface area contributed by atoms with Crippen LogP contribution in [0.15, 0.2) is 35.4 Å². The second-order valence-corrected chi connectivity index (χ2v) is 4.63. The van der Waals surface area contributed by atoms with E-state index >= 15 is 0 Å². The van der Waals surface area contributed by atoms with E-state index in [0.29, 0.717) is 22.7 Å². The summed E-state index contributed by atoms with van der Waals surface area (Å²) < 4.78 is 0. The Morgan fingerprint density at radius 2 is 1.81 bits per heavy atom. The molecule has 0 unspecified atom stereocenters. The number of aromatic hydroxyl groups is 1. The summed E-state index contributed by atoms with van der Waals surface area (Å²) >= 11 is 0. The Labute approximate surface area is 122 Å². The first-order valence-electron chi connectivity index (χ1n) is 6.42. The maximum Gasteiger partial charge on any atom is 0.309 e. The van der Waals surface area contributed by atoms with Gasteiger partial charge in [-0.15, -0.1) is 0 Å². The first kappa shape index (κ1) is 14.6. The Morgan fingerprint density at radius 1 is 1.19 bits per heavy atom. The summed E-state index contributed by atoms with van der Waals surface area (Å²) in [7, 11) is 0. The van der Waals surface area contributed by atoms with E-state index in [0.717, 1.165) is 0 Å². The first-order valence-corrected chi connectivity index (χ1v) is 6.42. The van der Waals surface area contributed by atoms with Gasteiger partial charge in [0.15, 0.2) is 0 Å². The molecule has 0 saturated heterocycles. The molecule has 1 heterocycles. The number of amides is 1. The molecule has 21 heavy (non-hydrogen) atoms. The van der Waals surface area contributed by atoms with Gasteiger partial charge in [-0.05, 0) is 39.0 Å². The number of hydrogen-bond acceptors (Lipinski definition) is 5. The summed E-state index contributed by atoms with van der Waals surface area (Å²) in [5, 5.41) is 13.7. The van der Waals surface area contributed by atoms with Crippen molar-refractivity contribution in [2.45, 2.75) is 20.8 Å². The maximum atomic E-state index is 12.0. The third-order valence-corrected chi connectivity index (χ3v) is 2.80. The second-order valence-electron chi connectivity index (χ2n) is 4.63. The van der Waals surface area contributed by atoms with Crippen LogP contribution in [-0.2, 0) is 0 Å². The van der Waals surface area contributed by atoms with Crippen molar-refractivity contribution in [2.24, 2.45) is 5.10 Å². The van der Waals surface area contributed by atoms with Crippen LogP contribution in [0.4, 0.5) is 0 Å². The van der Waals surface area contributed by atoms with Gasteiger partial charge in [0, 0.05) is 17.0 Å². The highest BCUT2D eigenvalue weighted by Gasteiger charge is 2.10. The molecule has 0 atom stereocenters. The largest absolute Gasteiger partial charge is 0.507 e. The zero-order valence-corrected chi connectivity index (χ0v) is 12.1. The average Bonchev–Trinajstić information content (AvgIpc) is 2.43. The van der Waals surface area contributed by atoms with Crippen molar-refractivity contribution in [1.29, 1.82) is 0 Å². The number of phenols is 1. The lowest BCUT2D eigenvalue weighted by atomic mass is 10.1. The normalized spacial score (nSPS) is 11.3. The number of carbonyl (C=O) groups excluding carboxylic acids is 1. The highest BCUT2D eigenvalue weighted by molar-refractivity contribution is 6.02. The number of nitrogens with one attached hydrogen (secondary N) is 1.